The third kappa shape index (κ3) is 7.00. The lowest BCUT2D eigenvalue weighted by Gasteiger charge is -2.26. The molecule has 0 radical (unpaired) electrons. The minimum atomic E-state index is -0.868. The van der Waals surface area contributed by atoms with Gasteiger partial charge in [0.2, 0.25) is 0 Å². The van der Waals surface area contributed by atoms with Crippen LogP contribution in [0.15, 0.2) is 84.4 Å². The standard InChI is InChI=1S/C33H25Cl3N2O6/c1-19-3-5-20(6-4-19)17-43-24-10-8-23(9-11-24)38-32(40)25(31(39)37-33(38)41)13-22-15-28(36)30(29(16-22)42-2)44-18-21-7-12-26(34)27(35)14-21/h3-16H,17-18H2,1-2H3,(H,37,39,41)/b25-13+. The first-order valence-electron chi connectivity index (χ1n) is 13.3. The van der Waals surface area contributed by atoms with Gasteiger partial charge in [-0.25, -0.2) is 9.69 Å². The van der Waals surface area contributed by atoms with Gasteiger partial charge in [-0.15, -0.1) is 0 Å². The van der Waals surface area contributed by atoms with Crippen molar-refractivity contribution in [2.45, 2.75) is 20.1 Å². The number of amides is 4. The number of urea groups is 1. The molecular formula is C33H25Cl3N2O6. The predicted molar refractivity (Wildman–Crippen MR) is 170 cm³/mol. The van der Waals surface area contributed by atoms with Gasteiger partial charge >= 0.3 is 6.03 Å². The Bertz CT molecular complexity index is 1770. The summed E-state index contributed by atoms with van der Waals surface area (Å²) in [7, 11) is 1.43. The number of hydrogen-bond acceptors (Lipinski definition) is 6. The number of hydrogen-bond donors (Lipinski definition) is 1. The molecule has 11 heteroatoms. The van der Waals surface area contributed by atoms with Gasteiger partial charge in [0.15, 0.2) is 11.5 Å². The molecule has 8 nitrogen and oxygen atoms in total. The SMILES string of the molecule is COc1cc(/C=C2\C(=O)NC(=O)N(c3ccc(OCc4ccc(C)cc4)cc3)C2=O)cc(Cl)c1OCc1ccc(Cl)c(Cl)c1. The Kier molecular flexibility index (Phi) is 9.44. The summed E-state index contributed by atoms with van der Waals surface area (Å²) in [6, 6.07) is 21.7. The summed E-state index contributed by atoms with van der Waals surface area (Å²) >= 11 is 18.6. The van der Waals surface area contributed by atoms with Crippen molar-refractivity contribution in [2.24, 2.45) is 0 Å². The molecule has 1 aliphatic heterocycles. The third-order valence-corrected chi connectivity index (χ3v) is 7.67. The van der Waals surface area contributed by atoms with Crippen LogP contribution in [-0.4, -0.2) is 25.0 Å². The highest BCUT2D eigenvalue weighted by atomic mass is 35.5. The lowest BCUT2D eigenvalue weighted by Crippen LogP contribution is -2.54. The molecule has 0 aliphatic carbocycles. The normalized spacial score (nSPS) is 14.1. The highest BCUT2D eigenvalue weighted by Crippen LogP contribution is 2.38. The second kappa shape index (κ2) is 13.4. The van der Waals surface area contributed by atoms with Gasteiger partial charge in [-0.2, -0.15) is 0 Å². The van der Waals surface area contributed by atoms with Crippen molar-refractivity contribution in [3.8, 4) is 17.2 Å². The molecule has 0 atom stereocenters. The third-order valence-electron chi connectivity index (χ3n) is 6.65. The Hall–Kier alpha value is -4.50. The molecule has 1 saturated heterocycles. The molecule has 0 bridgehead atoms. The zero-order chi connectivity index (χ0) is 31.4. The van der Waals surface area contributed by atoms with E-state index in [9.17, 15) is 14.4 Å². The summed E-state index contributed by atoms with van der Waals surface area (Å²) in [4.78, 5) is 39.7. The van der Waals surface area contributed by atoms with Gasteiger partial charge in [0.25, 0.3) is 11.8 Å². The topological polar surface area (TPSA) is 94.2 Å². The smallest absolute Gasteiger partial charge is 0.335 e. The molecule has 1 N–H and O–H groups in total. The van der Waals surface area contributed by atoms with Crippen molar-refractivity contribution in [3.05, 3.63) is 122 Å². The molecule has 1 heterocycles. The molecule has 1 fully saturated rings. The molecule has 4 aromatic rings. The van der Waals surface area contributed by atoms with E-state index in [1.165, 1.54) is 19.3 Å². The molecule has 5 rings (SSSR count). The second-order valence-electron chi connectivity index (χ2n) is 9.80. The van der Waals surface area contributed by atoms with Crippen LogP contribution in [0.5, 0.6) is 17.2 Å². The van der Waals surface area contributed by atoms with Gasteiger partial charge in [0.05, 0.1) is 27.9 Å². The van der Waals surface area contributed by atoms with Gasteiger partial charge in [0.1, 0.15) is 24.5 Å². The average Bonchev–Trinajstić information content (AvgIpc) is 3.00. The number of methoxy groups -OCH3 is 1. The van der Waals surface area contributed by atoms with E-state index in [1.807, 2.05) is 31.2 Å². The molecule has 4 amide bonds. The second-order valence-corrected chi connectivity index (χ2v) is 11.0. The first-order chi connectivity index (χ1) is 21.1. The number of barbiturate groups is 1. The largest absolute Gasteiger partial charge is 0.493 e. The molecule has 0 unspecified atom stereocenters. The molecule has 224 valence electrons. The van der Waals surface area contributed by atoms with E-state index in [1.54, 1.807) is 48.5 Å². The van der Waals surface area contributed by atoms with E-state index in [2.05, 4.69) is 5.32 Å². The number of nitrogens with zero attached hydrogens (tertiary/aromatic N) is 1. The van der Waals surface area contributed by atoms with Crippen LogP contribution in [0.25, 0.3) is 6.08 Å². The van der Waals surface area contributed by atoms with Crippen molar-refractivity contribution in [2.75, 3.05) is 12.0 Å². The molecule has 1 aliphatic rings. The zero-order valence-electron chi connectivity index (χ0n) is 23.5. The summed E-state index contributed by atoms with van der Waals surface area (Å²) in [6.45, 7) is 2.49. The number of ether oxygens (including phenoxy) is 3. The number of carbonyl (C=O) groups is 3. The molecule has 4 aromatic carbocycles. The number of imide groups is 2. The monoisotopic (exact) mass is 650 g/mol. The van der Waals surface area contributed by atoms with Crippen LogP contribution < -0.4 is 24.4 Å². The number of rotatable bonds is 9. The van der Waals surface area contributed by atoms with Gasteiger partial charge in [-0.1, -0.05) is 70.7 Å². The van der Waals surface area contributed by atoms with Gasteiger partial charge in [-0.3, -0.25) is 14.9 Å². The Morgan fingerprint density at radius 1 is 0.773 bits per heavy atom. The Labute approximate surface area is 268 Å². The lowest BCUT2D eigenvalue weighted by molar-refractivity contribution is -0.122. The van der Waals surface area contributed by atoms with Crippen molar-refractivity contribution >= 4 is 64.4 Å². The van der Waals surface area contributed by atoms with Crippen LogP contribution >= 0.6 is 34.8 Å². The number of carbonyl (C=O) groups excluding carboxylic acids is 3. The van der Waals surface area contributed by atoms with Crippen molar-refractivity contribution in [1.82, 2.24) is 5.32 Å². The first kappa shape index (κ1) is 30.9. The number of halogens is 3. The van der Waals surface area contributed by atoms with Crippen molar-refractivity contribution in [3.63, 3.8) is 0 Å². The van der Waals surface area contributed by atoms with E-state index in [0.717, 1.165) is 21.6 Å². The first-order valence-corrected chi connectivity index (χ1v) is 14.4. The Morgan fingerprint density at radius 3 is 2.14 bits per heavy atom. The van der Waals surface area contributed by atoms with E-state index in [0.29, 0.717) is 28.0 Å². The summed E-state index contributed by atoms with van der Waals surface area (Å²) in [5.41, 5.74) is 3.27. The molecular weight excluding hydrogens is 627 g/mol. The molecule has 0 spiro atoms. The fourth-order valence-corrected chi connectivity index (χ4v) is 4.94. The minimum absolute atomic E-state index is 0.126. The van der Waals surface area contributed by atoms with E-state index in [-0.39, 0.29) is 34.4 Å². The van der Waals surface area contributed by atoms with Gasteiger partial charge in [-0.05, 0) is 78.2 Å². The van der Waals surface area contributed by atoms with Crippen LogP contribution in [0.3, 0.4) is 0 Å². The lowest BCUT2D eigenvalue weighted by atomic mass is 10.1. The highest BCUT2D eigenvalue weighted by Gasteiger charge is 2.37. The van der Waals surface area contributed by atoms with Crippen LogP contribution in [0.2, 0.25) is 15.1 Å². The van der Waals surface area contributed by atoms with Gasteiger partial charge in [0, 0.05) is 0 Å². The van der Waals surface area contributed by atoms with Crippen molar-refractivity contribution < 1.29 is 28.6 Å². The predicted octanol–water partition coefficient (Wildman–Crippen LogP) is 7.79. The molecule has 0 saturated carbocycles. The molecule has 0 aromatic heterocycles. The fourth-order valence-electron chi connectivity index (χ4n) is 4.35. The summed E-state index contributed by atoms with van der Waals surface area (Å²) in [5.74, 6) is -0.578. The van der Waals surface area contributed by atoms with Crippen LogP contribution in [0.1, 0.15) is 22.3 Å². The van der Waals surface area contributed by atoms with E-state index >= 15 is 0 Å². The minimum Gasteiger partial charge on any atom is -0.493 e. The Balaban J connectivity index is 1.33. The fraction of sp³-hybridized carbons (Fsp3) is 0.121. The highest BCUT2D eigenvalue weighted by molar-refractivity contribution is 6.42. The number of benzene rings is 4. The van der Waals surface area contributed by atoms with Crippen molar-refractivity contribution in [1.29, 1.82) is 0 Å². The van der Waals surface area contributed by atoms with Gasteiger partial charge < -0.3 is 14.2 Å². The maximum absolute atomic E-state index is 13.4. The van der Waals surface area contributed by atoms with E-state index < -0.39 is 17.8 Å². The number of aryl methyl sites for hydroxylation is 1. The molecule has 44 heavy (non-hydrogen) atoms. The summed E-state index contributed by atoms with van der Waals surface area (Å²) < 4.78 is 17.2. The summed E-state index contributed by atoms with van der Waals surface area (Å²) in [6.07, 6.45) is 1.33. The van der Waals surface area contributed by atoms with Crippen LogP contribution in [0.4, 0.5) is 10.5 Å². The quantitative estimate of drug-likeness (QED) is 0.147. The number of anilines is 1. The van der Waals surface area contributed by atoms with Crippen LogP contribution in [-0.2, 0) is 22.8 Å². The zero-order valence-corrected chi connectivity index (χ0v) is 25.8. The summed E-state index contributed by atoms with van der Waals surface area (Å²) in [5, 5.41) is 3.20. The maximum Gasteiger partial charge on any atom is 0.335 e. The maximum atomic E-state index is 13.4. The Morgan fingerprint density at radius 2 is 1.45 bits per heavy atom. The average molecular weight is 652 g/mol. The van der Waals surface area contributed by atoms with Crippen LogP contribution in [0, 0.1) is 6.92 Å². The number of nitrogens with one attached hydrogen (secondary N) is 1. The van der Waals surface area contributed by atoms with E-state index in [4.69, 9.17) is 49.0 Å².